The van der Waals surface area contributed by atoms with Gasteiger partial charge >= 0.3 is 11.9 Å². The van der Waals surface area contributed by atoms with Gasteiger partial charge in [-0.2, -0.15) is 0 Å². The van der Waals surface area contributed by atoms with E-state index in [0.29, 0.717) is 18.8 Å². The molecule has 2 saturated carbocycles. The Balaban J connectivity index is 1.74. The average molecular weight is 543 g/mol. The molecular formula is C34H54O5. The van der Waals surface area contributed by atoms with Crippen molar-refractivity contribution in [3.05, 3.63) is 23.3 Å². The summed E-state index contributed by atoms with van der Waals surface area (Å²) >= 11 is 0. The van der Waals surface area contributed by atoms with Crippen LogP contribution in [0, 0.1) is 51.2 Å². The molecule has 0 bridgehead atoms. The molecule has 4 aliphatic carbocycles. The van der Waals surface area contributed by atoms with Crippen LogP contribution in [0.25, 0.3) is 0 Å². The Morgan fingerprint density at radius 2 is 1.72 bits per heavy atom. The van der Waals surface area contributed by atoms with Gasteiger partial charge < -0.3 is 14.9 Å². The van der Waals surface area contributed by atoms with Gasteiger partial charge in [-0.3, -0.25) is 9.59 Å². The Morgan fingerprint density at radius 1 is 1.08 bits per heavy atom. The Morgan fingerprint density at radius 3 is 2.28 bits per heavy atom. The highest BCUT2D eigenvalue weighted by atomic mass is 16.5. The van der Waals surface area contributed by atoms with Crippen LogP contribution in [0.1, 0.15) is 114 Å². The molecule has 0 aliphatic heterocycles. The van der Waals surface area contributed by atoms with Crippen molar-refractivity contribution in [1.82, 2.24) is 0 Å². The summed E-state index contributed by atoms with van der Waals surface area (Å²) in [6.45, 7) is 23.7. The van der Waals surface area contributed by atoms with Crippen LogP contribution in [0.15, 0.2) is 23.3 Å². The lowest BCUT2D eigenvalue weighted by Crippen LogP contribution is -2.57. The molecule has 2 fully saturated rings. The topological polar surface area (TPSA) is 83.8 Å². The van der Waals surface area contributed by atoms with Crippen molar-refractivity contribution in [2.45, 2.75) is 126 Å². The smallest absolute Gasteiger partial charge is 0.306 e. The summed E-state index contributed by atoms with van der Waals surface area (Å²) in [5.41, 5.74) is 3.53. The molecule has 4 rings (SSSR count). The largest absolute Gasteiger partial charge is 0.481 e. The summed E-state index contributed by atoms with van der Waals surface area (Å²) in [6, 6.07) is 0. The Kier molecular flexibility index (Phi) is 7.80. The zero-order valence-electron chi connectivity index (χ0n) is 26.0. The maximum Gasteiger partial charge on any atom is 0.306 e. The fourth-order valence-electron chi connectivity index (χ4n) is 10.4. The standard InChI is InChI=1S/C34H54O5/c1-19(2)20(3)11-12-23(30(37)38)29-26(36)18-33(9)24-13-14-27-31(6,7)28(39-22(5)35)15-16-32(27,8)25(24)17-21(4)34(29,33)10/h20-21,23,26-29,36H,1,11-18H2,2-10H3,(H,37,38)/t20?,21?,23?,26-,27?,28?,29?,32?,33+,34?/m1/s1. The maximum absolute atomic E-state index is 12.8. The van der Waals surface area contributed by atoms with Crippen LogP contribution in [0.4, 0.5) is 0 Å². The minimum absolute atomic E-state index is 0.0263. The zero-order valence-corrected chi connectivity index (χ0v) is 26.0. The molecule has 0 saturated heterocycles. The molecule has 4 aliphatic rings. The molecule has 0 amide bonds. The first-order valence-corrected chi connectivity index (χ1v) is 15.4. The average Bonchev–Trinajstić information content (AvgIpc) is 3.03. The van der Waals surface area contributed by atoms with Crippen molar-refractivity contribution >= 4 is 11.9 Å². The van der Waals surface area contributed by atoms with Crippen molar-refractivity contribution in [1.29, 1.82) is 0 Å². The quantitative estimate of drug-likeness (QED) is 0.256. The monoisotopic (exact) mass is 542 g/mol. The van der Waals surface area contributed by atoms with Gasteiger partial charge in [0.05, 0.1) is 12.0 Å². The number of aliphatic hydroxyl groups excluding tert-OH is 1. The molecule has 0 aromatic heterocycles. The molecule has 0 aromatic rings. The van der Waals surface area contributed by atoms with E-state index in [1.54, 1.807) is 5.57 Å². The van der Waals surface area contributed by atoms with Crippen LogP contribution in [-0.2, 0) is 14.3 Å². The normalized spacial score (nSPS) is 42.6. The van der Waals surface area contributed by atoms with Crippen LogP contribution in [-0.4, -0.2) is 34.4 Å². The van der Waals surface area contributed by atoms with Gasteiger partial charge in [0.1, 0.15) is 6.10 Å². The Hall–Kier alpha value is -1.62. The van der Waals surface area contributed by atoms with Gasteiger partial charge in [-0.1, -0.05) is 71.8 Å². The second kappa shape index (κ2) is 10.0. The molecule has 39 heavy (non-hydrogen) atoms. The molecule has 0 spiro atoms. The molecule has 8 unspecified atom stereocenters. The number of rotatable bonds is 7. The minimum atomic E-state index is -0.772. The highest BCUT2D eigenvalue weighted by molar-refractivity contribution is 5.71. The van der Waals surface area contributed by atoms with E-state index in [1.807, 2.05) is 6.92 Å². The summed E-state index contributed by atoms with van der Waals surface area (Å²) in [7, 11) is 0. The molecule has 5 heteroatoms. The predicted octanol–water partition coefficient (Wildman–Crippen LogP) is 7.58. The number of fused-ring (bicyclic) bond motifs is 4. The molecule has 2 N–H and O–H groups in total. The first kappa shape index (κ1) is 30.3. The van der Waals surface area contributed by atoms with E-state index in [4.69, 9.17) is 4.74 Å². The maximum atomic E-state index is 12.8. The number of carboxylic acids is 1. The lowest BCUT2D eigenvalue weighted by Gasteiger charge is -2.63. The molecule has 5 nitrogen and oxygen atoms in total. The highest BCUT2D eigenvalue weighted by Gasteiger charge is 2.68. The van der Waals surface area contributed by atoms with Crippen molar-refractivity contribution in [2.24, 2.45) is 51.2 Å². The highest BCUT2D eigenvalue weighted by Crippen LogP contribution is 2.74. The lowest BCUT2D eigenvalue weighted by molar-refractivity contribution is -0.167. The van der Waals surface area contributed by atoms with Gasteiger partial charge in [-0.25, -0.2) is 0 Å². The van der Waals surface area contributed by atoms with E-state index in [1.165, 1.54) is 12.5 Å². The number of ether oxygens (including phenoxy) is 1. The van der Waals surface area contributed by atoms with Gasteiger partial charge in [-0.15, -0.1) is 0 Å². The Labute approximate surface area is 236 Å². The Bertz CT molecular complexity index is 1060. The second-order valence-corrected chi connectivity index (χ2v) is 15.2. The second-order valence-electron chi connectivity index (χ2n) is 15.2. The fourth-order valence-corrected chi connectivity index (χ4v) is 10.4. The van der Waals surface area contributed by atoms with Gasteiger partial charge in [0, 0.05) is 18.3 Å². The molecule has 0 radical (unpaired) electrons. The number of carbonyl (C=O) groups excluding carboxylic acids is 1. The predicted molar refractivity (Wildman–Crippen MR) is 155 cm³/mol. The first-order chi connectivity index (χ1) is 17.9. The van der Waals surface area contributed by atoms with E-state index in [2.05, 4.69) is 55.0 Å². The summed E-state index contributed by atoms with van der Waals surface area (Å²) in [4.78, 5) is 24.7. The van der Waals surface area contributed by atoms with Gasteiger partial charge in [0.15, 0.2) is 0 Å². The van der Waals surface area contributed by atoms with Crippen molar-refractivity contribution in [2.75, 3.05) is 0 Å². The third-order valence-corrected chi connectivity index (χ3v) is 13.1. The number of carboxylic acid groups (broad SMARTS) is 1. The van der Waals surface area contributed by atoms with E-state index < -0.39 is 18.0 Å². The van der Waals surface area contributed by atoms with Crippen LogP contribution in [0.5, 0.6) is 0 Å². The van der Waals surface area contributed by atoms with E-state index >= 15 is 0 Å². The summed E-state index contributed by atoms with van der Waals surface area (Å²) in [6.07, 6.45) is 6.14. The SMILES string of the molecule is C=C(C)C(C)CCC(C(=O)O)C1[C@H](O)C[C@@]2(C)C3=C(CC(C)C12C)C1(C)CCC(OC(C)=O)C(C)(C)C1CC3. The van der Waals surface area contributed by atoms with E-state index in [9.17, 15) is 19.8 Å². The van der Waals surface area contributed by atoms with Crippen LogP contribution in [0.2, 0.25) is 0 Å². The van der Waals surface area contributed by atoms with E-state index in [0.717, 1.165) is 44.1 Å². The van der Waals surface area contributed by atoms with Crippen molar-refractivity contribution < 1.29 is 24.5 Å². The minimum Gasteiger partial charge on any atom is -0.481 e. The number of allylic oxidation sites excluding steroid dienone is 3. The summed E-state index contributed by atoms with van der Waals surface area (Å²) in [5.74, 6) is -0.868. The molecule has 10 atom stereocenters. The molecule has 220 valence electrons. The number of esters is 1. The number of aliphatic carboxylic acids is 1. The van der Waals surface area contributed by atoms with Gasteiger partial charge in [0.2, 0.25) is 0 Å². The van der Waals surface area contributed by atoms with Crippen LogP contribution < -0.4 is 0 Å². The summed E-state index contributed by atoms with van der Waals surface area (Å²) < 4.78 is 5.85. The van der Waals surface area contributed by atoms with E-state index in [-0.39, 0.29) is 51.5 Å². The first-order valence-electron chi connectivity index (χ1n) is 15.4. The number of hydrogen-bond acceptors (Lipinski definition) is 4. The van der Waals surface area contributed by atoms with Crippen LogP contribution in [0.3, 0.4) is 0 Å². The summed E-state index contributed by atoms with van der Waals surface area (Å²) in [5, 5.41) is 22.2. The number of hydrogen-bond donors (Lipinski definition) is 2. The molecule has 0 heterocycles. The molecule has 0 aromatic carbocycles. The number of carbonyl (C=O) groups is 2. The zero-order chi connectivity index (χ0) is 29.3. The lowest BCUT2D eigenvalue weighted by atomic mass is 9.41. The van der Waals surface area contributed by atoms with Crippen molar-refractivity contribution in [3.8, 4) is 0 Å². The van der Waals surface area contributed by atoms with Crippen LogP contribution >= 0.6 is 0 Å². The van der Waals surface area contributed by atoms with Gasteiger partial charge in [0.25, 0.3) is 0 Å². The third-order valence-electron chi connectivity index (χ3n) is 13.1. The molecular weight excluding hydrogens is 488 g/mol. The fraction of sp³-hybridized carbons (Fsp3) is 0.824. The van der Waals surface area contributed by atoms with Crippen molar-refractivity contribution in [3.63, 3.8) is 0 Å². The van der Waals surface area contributed by atoms with Gasteiger partial charge in [-0.05, 0) is 92.3 Å². The third kappa shape index (κ3) is 4.44. The number of aliphatic hydroxyl groups is 1.